The average Bonchev–Trinajstić information content (AvgIpc) is 2.30. The number of nitrogens with one attached hydrogen (secondary N) is 1. The number of aliphatic carboxylic acids is 1. The summed E-state index contributed by atoms with van der Waals surface area (Å²) in [6, 6.07) is 1.87. The van der Waals surface area contributed by atoms with E-state index in [0.717, 1.165) is 17.0 Å². The zero-order chi connectivity index (χ0) is 14.6. The number of urea groups is 1. The van der Waals surface area contributed by atoms with Gasteiger partial charge in [-0.3, -0.25) is 14.9 Å². The van der Waals surface area contributed by atoms with Gasteiger partial charge in [0.05, 0.1) is 16.7 Å². The molecule has 1 aromatic rings. The molecular weight excluding hydrogens is 261 g/mol. The molecule has 0 heterocycles. The highest BCUT2D eigenvalue weighted by atomic mass is 19.1. The number of carboxylic acids is 1. The second-order valence-electron chi connectivity index (χ2n) is 3.60. The number of rotatable bonds is 4. The molecule has 19 heavy (non-hydrogen) atoms. The molecule has 2 N–H and O–H groups in total. The van der Waals surface area contributed by atoms with Crippen LogP contribution >= 0.6 is 0 Å². The molecule has 102 valence electrons. The standard InChI is InChI=1S/C10H10FN3O5/c1-13(5-9(15)16)10(17)12-8-3-2-6(14(18)19)4-7(8)11/h2-4H,5H2,1H3,(H,12,17)(H,15,16). The molecular formula is C10H10FN3O5. The maximum atomic E-state index is 13.4. The molecule has 2 amide bonds. The molecule has 0 aliphatic carbocycles. The van der Waals surface area contributed by atoms with E-state index in [0.29, 0.717) is 6.07 Å². The topological polar surface area (TPSA) is 113 Å². The first-order valence-corrected chi connectivity index (χ1v) is 4.99. The Morgan fingerprint density at radius 3 is 2.63 bits per heavy atom. The lowest BCUT2D eigenvalue weighted by Gasteiger charge is -2.15. The van der Waals surface area contributed by atoms with Gasteiger partial charge in [-0.05, 0) is 6.07 Å². The van der Waals surface area contributed by atoms with Crippen LogP contribution in [0.15, 0.2) is 18.2 Å². The molecule has 0 unspecified atom stereocenters. The summed E-state index contributed by atoms with van der Waals surface area (Å²) in [6.07, 6.45) is 0. The van der Waals surface area contributed by atoms with Crippen molar-refractivity contribution in [1.29, 1.82) is 0 Å². The number of non-ortho nitro benzene ring substituents is 1. The van der Waals surface area contributed by atoms with Crippen LogP contribution in [-0.2, 0) is 4.79 Å². The van der Waals surface area contributed by atoms with E-state index in [4.69, 9.17) is 5.11 Å². The van der Waals surface area contributed by atoms with Crippen LogP contribution in [-0.4, -0.2) is 40.5 Å². The Morgan fingerprint density at radius 1 is 1.53 bits per heavy atom. The van der Waals surface area contributed by atoms with E-state index in [1.54, 1.807) is 0 Å². The van der Waals surface area contributed by atoms with E-state index in [-0.39, 0.29) is 5.69 Å². The van der Waals surface area contributed by atoms with E-state index in [9.17, 15) is 24.1 Å². The normalized spacial score (nSPS) is 9.79. The number of hydrogen-bond acceptors (Lipinski definition) is 4. The number of nitrogens with zero attached hydrogens (tertiary/aromatic N) is 2. The van der Waals surface area contributed by atoms with Crippen LogP contribution in [0.25, 0.3) is 0 Å². The second-order valence-corrected chi connectivity index (χ2v) is 3.60. The summed E-state index contributed by atoms with van der Waals surface area (Å²) in [5.74, 6) is -2.20. The molecule has 0 saturated heterocycles. The molecule has 8 nitrogen and oxygen atoms in total. The maximum absolute atomic E-state index is 13.4. The molecule has 1 aromatic carbocycles. The van der Waals surface area contributed by atoms with Gasteiger partial charge in [0.1, 0.15) is 6.54 Å². The van der Waals surface area contributed by atoms with Crippen molar-refractivity contribution in [2.75, 3.05) is 18.9 Å². The number of anilines is 1. The summed E-state index contributed by atoms with van der Waals surface area (Å²) in [7, 11) is 1.22. The summed E-state index contributed by atoms with van der Waals surface area (Å²) in [5, 5.41) is 21.0. The van der Waals surface area contributed by atoms with Gasteiger partial charge in [0.15, 0.2) is 5.82 Å². The van der Waals surface area contributed by atoms with E-state index < -0.39 is 35.0 Å². The van der Waals surface area contributed by atoms with Crippen LogP contribution in [0, 0.1) is 15.9 Å². The Morgan fingerprint density at radius 2 is 2.16 bits per heavy atom. The predicted octanol–water partition coefficient (Wildman–Crippen LogP) is 1.28. The third-order valence-electron chi connectivity index (χ3n) is 2.12. The lowest BCUT2D eigenvalue weighted by Crippen LogP contribution is -2.35. The number of halogens is 1. The van der Waals surface area contributed by atoms with Gasteiger partial charge >= 0.3 is 12.0 Å². The SMILES string of the molecule is CN(CC(=O)O)C(=O)Nc1ccc([N+](=O)[O-])cc1F. The van der Waals surface area contributed by atoms with Gasteiger partial charge in [-0.1, -0.05) is 0 Å². The Bertz CT molecular complexity index is 534. The zero-order valence-corrected chi connectivity index (χ0v) is 9.79. The van der Waals surface area contributed by atoms with Crippen molar-refractivity contribution in [2.45, 2.75) is 0 Å². The Labute approximate surface area is 106 Å². The predicted molar refractivity (Wildman–Crippen MR) is 62.3 cm³/mol. The van der Waals surface area contributed by atoms with Crippen molar-refractivity contribution in [2.24, 2.45) is 0 Å². The molecule has 0 fully saturated rings. The molecule has 0 spiro atoms. The fourth-order valence-corrected chi connectivity index (χ4v) is 1.20. The minimum Gasteiger partial charge on any atom is -0.480 e. The summed E-state index contributed by atoms with van der Waals surface area (Å²) < 4.78 is 13.4. The van der Waals surface area contributed by atoms with E-state index in [1.807, 2.05) is 0 Å². The van der Waals surface area contributed by atoms with Gasteiger partial charge in [-0.25, -0.2) is 9.18 Å². The lowest BCUT2D eigenvalue weighted by atomic mass is 10.2. The highest BCUT2D eigenvalue weighted by Crippen LogP contribution is 2.20. The van der Waals surface area contributed by atoms with Crippen LogP contribution < -0.4 is 5.32 Å². The summed E-state index contributed by atoms with van der Waals surface area (Å²) >= 11 is 0. The van der Waals surface area contributed by atoms with Crippen LogP contribution in [0.2, 0.25) is 0 Å². The first-order valence-electron chi connectivity index (χ1n) is 4.99. The first kappa shape index (κ1) is 14.4. The van der Waals surface area contributed by atoms with Crippen molar-refractivity contribution >= 4 is 23.4 Å². The molecule has 0 aliphatic heterocycles. The van der Waals surface area contributed by atoms with E-state index >= 15 is 0 Å². The second kappa shape index (κ2) is 5.76. The summed E-state index contributed by atoms with van der Waals surface area (Å²) in [4.78, 5) is 32.3. The molecule has 0 aromatic heterocycles. The lowest BCUT2D eigenvalue weighted by molar-refractivity contribution is -0.385. The Balaban J connectivity index is 2.80. The van der Waals surface area contributed by atoms with Gasteiger partial charge < -0.3 is 15.3 Å². The van der Waals surface area contributed by atoms with Crippen molar-refractivity contribution in [3.05, 3.63) is 34.1 Å². The van der Waals surface area contributed by atoms with E-state index in [1.165, 1.54) is 7.05 Å². The largest absolute Gasteiger partial charge is 0.480 e. The number of nitro groups is 1. The number of amides is 2. The zero-order valence-electron chi connectivity index (χ0n) is 9.79. The highest BCUT2D eigenvalue weighted by molar-refractivity contribution is 5.91. The van der Waals surface area contributed by atoms with Crippen molar-refractivity contribution < 1.29 is 24.0 Å². The van der Waals surface area contributed by atoms with E-state index in [2.05, 4.69) is 5.32 Å². The molecule has 0 bridgehead atoms. The number of likely N-dealkylation sites (N-methyl/N-ethyl adjacent to an activating group) is 1. The monoisotopic (exact) mass is 271 g/mol. The number of carbonyl (C=O) groups excluding carboxylic acids is 1. The molecule has 9 heteroatoms. The highest BCUT2D eigenvalue weighted by Gasteiger charge is 2.16. The van der Waals surface area contributed by atoms with Gasteiger partial charge in [0, 0.05) is 13.1 Å². The number of nitro benzene ring substituents is 1. The molecule has 1 rings (SSSR count). The van der Waals surface area contributed by atoms with Crippen LogP contribution in [0.3, 0.4) is 0 Å². The van der Waals surface area contributed by atoms with Crippen molar-refractivity contribution in [3.8, 4) is 0 Å². The molecule has 0 atom stereocenters. The fourth-order valence-electron chi connectivity index (χ4n) is 1.20. The van der Waals surface area contributed by atoms with Gasteiger partial charge in [-0.2, -0.15) is 0 Å². The smallest absolute Gasteiger partial charge is 0.323 e. The third kappa shape index (κ3) is 3.91. The summed E-state index contributed by atoms with van der Waals surface area (Å²) in [6.45, 7) is -0.555. The molecule has 0 aliphatic rings. The van der Waals surface area contributed by atoms with Gasteiger partial charge in [0.25, 0.3) is 5.69 Å². The molecule has 0 radical (unpaired) electrons. The Kier molecular flexibility index (Phi) is 4.35. The first-order chi connectivity index (χ1) is 8.81. The van der Waals surface area contributed by atoms with Gasteiger partial charge in [-0.15, -0.1) is 0 Å². The number of carboxylic acid groups (broad SMARTS) is 1. The van der Waals surface area contributed by atoms with Crippen molar-refractivity contribution in [1.82, 2.24) is 4.90 Å². The number of hydrogen-bond donors (Lipinski definition) is 2. The maximum Gasteiger partial charge on any atom is 0.323 e. The average molecular weight is 271 g/mol. The van der Waals surface area contributed by atoms with Crippen LogP contribution in [0.5, 0.6) is 0 Å². The molecule has 0 saturated carbocycles. The number of benzene rings is 1. The fraction of sp³-hybridized carbons (Fsp3) is 0.200. The third-order valence-corrected chi connectivity index (χ3v) is 2.12. The van der Waals surface area contributed by atoms with Crippen LogP contribution in [0.4, 0.5) is 20.6 Å². The summed E-state index contributed by atoms with van der Waals surface area (Å²) in [5.41, 5.74) is -0.720. The number of carbonyl (C=O) groups is 2. The minimum atomic E-state index is -1.22. The minimum absolute atomic E-state index is 0.271. The van der Waals surface area contributed by atoms with Crippen LogP contribution in [0.1, 0.15) is 0 Å². The Hall–Kier alpha value is -2.71. The van der Waals surface area contributed by atoms with Gasteiger partial charge in [0.2, 0.25) is 0 Å². The van der Waals surface area contributed by atoms with Crippen molar-refractivity contribution in [3.63, 3.8) is 0 Å². The quantitative estimate of drug-likeness (QED) is 0.632.